The summed E-state index contributed by atoms with van der Waals surface area (Å²) in [5, 5.41) is 4.72. The molecule has 30 heavy (non-hydrogen) atoms. The highest BCUT2D eigenvalue weighted by molar-refractivity contribution is 8.18. The molecule has 1 aliphatic rings. The molecule has 1 fully saturated rings. The lowest BCUT2D eigenvalue weighted by Crippen LogP contribution is -2.19. The summed E-state index contributed by atoms with van der Waals surface area (Å²) in [6, 6.07) is 13.7. The van der Waals surface area contributed by atoms with E-state index in [-0.39, 0.29) is 5.91 Å². The Hall–Kier alpha value is -2.38. The molecule has 4 rings (SSSR count). The molecule has 3 aromatic rings. The predicted octanol–water partition coefficient (Wildman–Crippen LogP) is 6.81. The van der Waals surface area contributed by atoms with Crippen molar-refractivity contribution in [2.75, 3.05) is 7.11 Å². The number of thioether (sulfide) groups is 1. The van der Waals surface area contributed by atoms with Crippen molar-refractivity contribution in [3.63, 3.8) is 0 Å². The number of benzene rings is 2. The maximum Gasteiger partial charge on any atom is 0.264 e. The summed E-state index contributed by atoms with van der Waals surface area (Å²) in [6.07, 6.45) is 1.64. The van der Waals surface area contributed by atoms with E-state index < -0.39 is 0 Å². The van der Waals surface area contributed by atoms with E-state index in [4.69, 9.17) is 44.0 Å². The molecule has 1 amide bonds. The van der Waals surface area contributed by atoms with Gasteiger partial charge in [-0.3, -0.25) is 4.79 Å². The van der Waals surface area contributed by atoms with Gasteiger partial charge in [0.05, 0.1) is 17.0 Å². The second-order valence-corrected chi connectivity index (χ2v) is 8.43. The van der Waals surface area contributed by atoms with Crippen LogP contribution < -0.4 is 10.1 Å². The topological polar surface area (TPSA) is 63.8 Å². The lowest BCUT2D eigenvalue weighted by atomic mass is 10.2. The van der Waals surface area contributed by atoms with Gasteiger partial charge in [-0.05, 0) is 60.3 Å². The number of halogens is 3. The largest absolute Gasteiger partial charge is 0.494 e. The Bertz CT molecular complexity index is 1200. The summed E-state index contributed by atoms with van der Waals surface area (Å²) in [6.45, 7) is 0. The third kappa shape index (κ3) is 4.52. The average molecular weight is 480 g/mol. The molecule has 1 N–H and O–H groups in total. The molecule has 1 saturated heterocycles. The van der Waals surface area contributed by atoms with Gasteiger partial charge in [0.1, 0.15) is 23.0 Å². The first-order chi connectivity index (χ1) is 14.4. The maximum atomic E-state index is 12.4. The van der Waals surface area contributed by atoms with E-state index in [2.05, 4.69) is 10.3 Å². The van der Waals surface area contributed by atoms with E-state index in [9.17, 15) is 4.79 Å². The van der Waals surface area contributed by atoms with Gasteiger partial charge in [0, 0.05) is 21.7 Å². The number of nitrogens with zero attached hydrogens (tertiary/aromatic N) is 1. The maximum absolute atomic E-state index is 12.4. The van der Waals surface area contributed by atoms with Crippen molar-refractivity contribution >= 4 is 69.4 Å². The van der Waals surface area contributed by atoms with Crippen molar-refractivity contribution in [3.8, 4) is 17.1 Å². The number of amides is 1. The number of carbonyl (C=O) groups is 1. The van der Waals surface area contributed by atoms with Crippen LogP contribution in [0.1, 0.15) is 5.76 Å². The van der Waals surface area contributed by atoms with Crippen molar-refractivity contribution in [1.82, 2.24) is 5.32 Å². The number of rotatable bonds is 4. The second-order valence-electron chi connectivity index (χ2n) is 6.12. The van der Waals surface area contributed by atoms with E-state index >= 15 is 0 Å². The van der Waals surface area contributed by atoms with Crippen LogP contribution in [0, 0.1) is 0 Å². The first-order valence-corrected chi connectivity index (χ1v) is 10.6. The molecular formula is C21H13Cl3N2O3S. The number of nitrogens with one attached hydrogen (secondary N) is 1. The molecule has 0 unspecified atom stereocenters. The number of aliphatic imine (C=N–C) groups is 1. The molecule has 0 bridgehead atoms. The summed E-state index contributed by atoms with van der Waals surface area (Å²) < 4.78 is 11.1. The van der Waals surface area contributed by atoms with E-state index in [1.54, 1.807) is 61.7 Å². The smallest absolute Gasteiger partial charge is 0.264 e. The summed E-state index contributed by atoms with van der Waals surface area (Å²) in [5.74, 6) is 1.32. The third-order valence-electron chi connectivity index (χ3n) is 4.11. The van der Waals surface area contributed by atoms with Crippen LogP contribution in [0.2, 0.25) is 15.1 Å². The second kappa shape index (κ2) is 8.78. The van der Waals surface area contributed by atoms with Crippen molar-refractivity contribution in [1.29, 1.82) is 0 Å². The van der Waals surface area contributed by atoms with Crippen LogP contribution in [-0.2, 0) is 4.79 Å². The number of ether oxygens (including phenoxy) is 1. The van der Waals surface area contributed by atoms with Gasteiger partial charge in [0.2, 0.25) is 0 Å². The van der Waals surface area contributed by atoms with Crippen LogP contribution in [0.3, 0.4) is 0 Å². The zero-order valence-electron chi connectivity index (χ0n) is 15.4. The minimum atomic E-state index is -0.279. The summed E-state index contributed by atoms with van der Waals surface area (Å²) in [4.78, 5) is 17.2. The SMILES string of the molecule is COc1ccc(Cl)cc1N=C1NC(=O)/C(=C/c2ccc(-c3cc(Cl)ccc3Cl)o2)S1. The number of amidine groups is 1. The first kappa shape index (κ1) is 20.9. The predicted molar refractivity (Wildman–Crippen MR) is 123 cm³/mol. The fourth-order valence-corrected chi connectivity index (χ4v) is 4.10. The number of hydrogen-bond donors (Lipinski definition) is 1. The molecule has 5 nitrogen and oxygen atoms in total. The summed E-state index contributed by atoms with van der Waals surface area (Å²) >= 11 is 19.5. The van der Waals surface area contributed by atoms with Crippen LogP contribution in [0.5, 0.6) is 5.75 Å². The molecule has 0 aliphatic carbocycles. The lowest BCUT2D eigenvalue weighted by Gasteiger charge is -2.04. The Morgan fingerprint density at radius 1 is 1.07 bits per heavy atom. The van der Waals surface area contributed by atoms with E-state index in [1.807, 2.05) is 0 Å². The minimum absolute atomic E-state index is 0.279. The monoisotopic (exact) mass is 478 g/mol. The highest BCUT2D eigenvalue weighted by Crippen LogP contribution is 2.35. The van der Waals surface area contributed by atoms with Crippen molar-refractivity contribution in [2.24, 2.45) is 4.99 Å². The zero-order valence-corrected chi connectivity index (χ0v) is 18.5. The van der Waals surface area contributed by atoms with Gasteiger partial charge in [0.25, 0.3) is 5.91 Å². The number of hydrogen-bond acceptors (Lipinski definition) is 5. The molecule has 0 saturated carbocycles. The number of furan rings is 1. The van der Waals surface area contributed by atoms with E-state index in [0.29, 0.717) is 53.7 Å². The highest BCUT2D eigenvalue weighted by Gasteiger charge is 2.25. The molecular weight excluding hydrogens is 467 g/mol. The van der Waals surface area contributed by atoms with Gasteiger partial charge in [-0.1, -0.05) is 34.8 Å². The molecule has 1 aromatic heterocycles. The normalized spacial score (nSPS) is 16.3. The molecule has 1 aliphatic heterocycles. The Kier molecular flexibility index (Phi) is 6.11. The van der Waals surface area contributed by atoms with Gasteiger partial charge < -0.3 is 14.5 Å². The van der Waals surface area contributed by atoms with Crippen molar-refractivity contribution in [3.05, 3.63) is 74.3 Å². The Morgan fingerprint density at radius 2 is 1.83 bits per heavy atom. The van der Waals surface area contributed by atoms with Crippen LogP contribution in [0.25, 0.3) is 17.4 Å². The Morgan fingerprint density at radius 3 is 2.63 bits per heavy atom. The van der Waals surface area contributed by atoms with Gasteiger partial charge >= 0.3 is 0 Å². The fraction of sp³-hybridized carbons (Fsp3) is 0.0476. The van der Waals surface area contributed by atoms with Crippen molar-refractivity contribution in [2.45, 2.75) is 0 Å². The average Bonchev–Trinajstić information content (AvgIpc) is 3.31. The molecule has 2 aromatic carbocycles. The summed E-state index contributed by atoms with van der Waals surface area (Å²) in [7, 11) is 1.54. The molecule has 152 valence electrons. The zero-order chi connectivity index (χ0) is 21.3. The third-order valence-corrected chi connectivity index (χ3v) is 5.82. The fourth-order valence-electron chi connectivity index (χ4n) is 2.73. The number of carbonyl (C=O) groups excluding carboxylic acids is 1. The Balaban J connectivity index is 1.59. The Labute approximate surface area is 191 Å². The lowest BCUT2D eigenvalue weighted by molar-refractivity contribution is -0.115. The first-order valence-electron chi connectivity index (χ1n) is 8.61. The van der Waals surface area contributed by atoms with Gasteiger partial charge in [0.15, 0.2) is 5.17 Å². The van der Waals surface area contributed by atoms with Crippen LogP contribution in [0.4, 0.5) is 5.69 Å². The number of methoxy groups -OCH3 is 1. The highest BCUT2D eigenvalue weighted by atomic mass is 35.5. The standard InChI is InChI=1S/C21H13Cl3N2O3S/c1-28-18-6-3-12(23)9-16(18)25-21-26-20(27)19(30-21)10-13-4-7-17(29-13)14-8-11(22)2-5-15(14)24/h2-10H,1H3,(H,25,26,27)/b19-10-. The minimum Gasteiger partial charge on any atom is -0.494 e. The molecule has 9 heteroatoms. The van der Waals surface area contributed by atoms with Gasteiger partial charge in [-0.15, -0.1) is 0 Å². The van der Waals surface area contributed by atoms with Gasteiger partial charge in [-0.2, -0.15) is 0 Å². The van der Waals surface area contributed by atoms with Crippen molar-refractivity contribution < 1.29 is 13.9 Å². The van der Waals surface area contributed by atoms with Gasteiger partial charge in [-0.25, -0.2) is 4.99 Å². The van der Waals surface area contributed by atoms with E-state index in [1.165, 1.54) is 11.8 Å². The molecule has 2 heterocycles. The molecule has 0 spiro atoms. The summed E-state index contributed by atoms with van der Waals surface area (Å²) in [5.41, 5.74) is 1.19. The van der Waals surface area contributed by atoms with Crippen LogP contribution in [0.15, 0.2) is 62.8 Å². The van der Waals surface area contributed by atoms with E-state index in [0.717, 1.165) is 0 Å². The molecule has 0 atom stereocenters. The molecule has 0 radical (unpaired) electrons. The quantitative estimate of drug-likeness (QED) is 0.418. The van der Waals surface area contributed by atoms with Crippen LogP contribution >= 0.6 is 46.6 Å². The van der Waals surface area contributed by atoms with Crippen LogP contribution in [-0.4, -0.2) is 18.2 Å².